The van der Waals surface area contributed by atoms with E-state index >= 15 is 0 Å². The Morgan fingerprint density at radius 3 is 2.21 bits per heavy atom. The van der Waals surface area contributed by atoms with Crippen LogP contribution in [0.2, 0.25) is 0 Å². The van der Waals surface area contributed by atoms with E-state index in [0.29, 0.717) is 5.03 Å². The second-order valence-electron chi connectivity index (χ2n) is 3.60. The van der Waals surface area contributed by atoms with Crippen molar-refractivity contribution in [3.05, 3.63) is 34.6 Å². The maximum Gasteiger partial charge on any atom is 0.137 e. The molecule has 0 aliphatic heterocycles. The molecule has 80 valence electrons. The largest absolute Gasteiger partial charge is 0.489 e. The molecule has 0 atom stereocenters. The van der Waals surface area contributed by atoms with Gasteiger partial charge in [0.2, 0.25) is 0 Å². The number of allylic oxidation sites excluding steroid dienone is 5. The zero-order chi connectivity index (χ0) is 11.1. The molecule has 0 radical (unpaired) electrons. The lowest BCUT2D eigenvalue weighted by molar-refractivity contribution is 0.157. The molecule has 1 nitrogen and oxygen atoms in total. The molecule has 0 aromatic heterocycles. The summed E-state index contributed by atoms with van der Waals surface area (Å²) in [6.45, 7) is 9.92. The highest BCUT2D eigenvalue weighted by Gasteiger charge is 2.02. The summed E-state index contributed by atoms with van der Waals surface area (Å²) in [4.78, 5) is 0. The van der Waals surface area contributed by atoms with E-state index in [1.54, 1.807) is 0 Å². The van der Waals surface area contributed by atoms with Gasteiger partial charge in [-0.3, -0.25) is 0 Å². The molecule has 14 heavy (non-hydrogen) atoms. The molecule has 0 saturated carbocycles. The number of rotatable bonds is 4. The van der Waals surface area contributed by atoms with Crippen molar-refractivity contribution < 1.29 is 4.74 Å². The average molecular weight is 215 g/mol. The van der Waals surface area contributed by atoms with Gasteiger partial charge in [-0.05, 0) is 46.8 Å². The lowest BCUT2D eigenvalue weighted by Gasteiger charge is -2.11. The van der Waals surface area contributed by atoms with E-state index in [-0.39, 0.29) is 6.10 Å². The molecule has 0 rings (SSSR count). The first-order valence-electron chi connectivity index (χ1n) is 4.81. The molecule has 0 bridgehead atoms. The summed E-state index contributed by atoms with van der Waals surface area (Å²) < 4.78 is 5.57. The molecule has 0 aliphatic rings. The Hall–Kier alpha value is -0.690. The first kappa shape index (κ1) is 13.3. The topological polar surface area (TPSA) is 9.23 Å². The van der Waals surface area contributed by atoms with Gasteiger partial charge >= 0.3 is 0 Å². The van der Waals surface area contributed by atoms with E-state index in [0.717, 1.165) is 11.3 Å². The zero-order valence-electron chi connectivity index (χ0n) is 9.60. The average Bonchev–Trinajstić information content (AvgIpc) is 2.01. The third-order valence-corrected chi connectivity index (χ3v) is 1.63. The quantitative estimate of drug-likeness (QED) is 0.498. The Balaban J connectivity index is 4.85. The molecule has 0 aromatic rings. The highest BCUT2D eigenvalue weighted by atomic mass is 35.5. The number of ether oxygens (including phenoxy) is 1. The fourth-order valence-electron chi connectivity index (χ4n) is 0.905. The van der Waals surface area contributed by atoms with Gasteiger partial charge in [0.15, 0.2) is 0 Å². The predicted molar refractivity (Wildman–Crippen MR) is 63.3 cm³/mol. The Kier molecular flexibility index (Phi) is 6.39. The third kappa shape index (κ3) is 5.87. The summed E-state index contributed by atoms with van der Waals surface area (Å²) in [7, 11) is 0. The number of hydrogen-bond donors (Lipinski definition) is 0. The lowest BCUT2D eigenvalue weighted by Crippen LogP contribution is -2.01. The SMILES string of the molecule is C/C=C\C(OC(C)C)=C(\Cl)C=C(C)C. The molecule has 0 fully saturated rings. The summed E-state index contributed by atoms with van der Waals surface area (Å²) in [5.41, 5.74) is 1.16. The van der Waals surface area contributed by atoms with E-state index in [2.05, 4.69) is 0 Å². The molecular weight excluding hydrogens is 196 g/mol. The van der Waals surface area contributed by atoms with Crippen molar-refractivity contribution in [3.63, 3.8) is 0 Å². The smallest absolute Gasteiger partial charge is 0.137 e. The van der Waals surface area contributed by atoms with E-state index in [4.69, 9.17) is 16.3 Å². The summed E-state index contributed by atoms with van der Waals surface area (Å²) >= 11 is 6.09. The van der Waals surface area contributed by atoms with Gasteiger partial charge in [-0.25, -0.2) is 0 Å². The van der Waals surface area contributed by atoms with Crippen LogP contribution >= 0.6 is 11.6 Å². The van der Waals surface area contributed by atoms with Crippen molar-refractivity contribution >= 4 is 11.6 Å². The van der Waals surface area contributed by atoms with E-state index < -0.39 is 0 Å². The second kappa shape index (κ2) is 6.72. The summed E-state index contributed by atoms with van der Waals surface area (Å²) in [5.74, 6) is 0.727. The van der Waals surface area contributed by atoms with Crippen LogP contribution in [-0.2, 0) is 4.74 Å². The molecule has 0 spiro atoms. The van der Waals surface area contributed by atoms with Gasteiger partial charge in [-0.2, -0.15) is 0 Å². The van der Waals surface area contributed by atoms with Crippen molar-refractivity contribution in [1.29, 1.82) is 0 Å². The van der Waals surface area contributed by atoms with Crippen LogP contribution in [0.4, 0.5) is 0 Å². The maximum atomic E-state index is 6.09. The van der Waals surface area contributed by atoms with Gasteiger partial charge in [0.1, 0.15) is 5.76 Å². The molecule has 0 aromatic carbocycles. The predicted octanol–water partition coefficient (Wildman–Crippen LogP) is 4.40. The minimum Gasteiger partial charge on any atom is -0.489 e. The van der Waals surface area contributed by atoms with Crippen molar-refractivity contribution in [2.24, 2.45) is 0 Å². The standard InChI is InChI=1S/C12H19ClO/c1-6-7-12(14-10(4)5)11(13)8-9(2)3/h6-8,10H,1-5H3/b7-6-,12-11-. The summed E-state index contributed by atoms with van der Waals surface area (Å²) in [6, 6.07) is 0. The van der Waals surface area contributed by atoms with E-state index in [1.807, 2.05) is 52.8 Å². The number of halogens is 1. The van der Waals surface area contributed by atoms with Crippen LogP contribution in [0.5, 0.6) is 0 Å². The fraction of sp³-hybridized carbons (Fsp3) is 0.500. The Morgan fingerprint density at radius 1 is 1.29 bits per heavy atom. The van der Waals surface area contributed by atoms with Crippen LogP contribution in [-0.4, -0.2) is 6.10 Å². The molecule has 2 heteroatoms. The Morgan fingerprint density at radius 2 is 1.86 bits per heavy atom. The van der Waals surface area contributed by atoms with E-state index in [9.17, 15) is 0 Å². The van der Waals surface area contributed by atoms with Crippen LogP contribution in [0.25, 0.3) is 0 Å². The molecule has 0 heterocycles. The second-order valence-corrected chi connectivity index (χ2v) is 4.01. The van der Waals surface area contributed by atoms with Crippen LogP contribution in [0.15, 0.2) is 34.6 Å². The molecule has 0 aliphatic carbocycles. The van der Waals surface area contributed by atoms with Gasteiger partial charge in [0.25, 0.3) is 0 Å². The minimum absolute atomic E-state index is 0.139. The third-order valence-electron chi connectivity index (χ3n) is 1.33. The van der Waals surface area contributed by atoms with E-state index in [1.165, 1.54) is 0 Å². The highest BCUT2D eigenvalue weighted by molar-refractivity contribution is 6.31. The molecule has 0 unspecified atom stereocenters. The first-order valence-corrected chi connectivity index (χ1v) is 5.19. The molecular formula is C12H19ClO. The first-order chi connectivity index (χ1) is 6.47. The normalized spacial score (nSPS) is 13.1. The van der Waals surface area contributed by atoms with Crippen LogP contribution in [0, 0.1) is 0 Å². The monoisotopic (exact) mass is 214 g/mol. The van der Waals surface area contributed by atoms with Crippen LogP contribution in [0.3, 0.4) is 0 Å². The molecule has 0 N–H and O–H groups in total. The van der Waals surface area contributed by atoms with Gasteiger partial charge in [-0.1, -0.05) is 23.3 Å². The van der Waals surface area contributed by atoms with Crippen molar-refractivity contribution in [1.82, 2.24) is 0 Å². The van der Waals surface area contributed by atoms with Crippen LogP contribution in [0.1, 0.15) is 34.6 Å². The van der Waals surface area contributed by atoms with Gasteiger partial charge < -0.3 is 4.74 Å². The number of hydrogen-bond acceptors (Lipinski definition) is 1. The Labute approximate surface area is 92.1 Å². The minimum atomic E-state index is 0.139. The Bertz CT molecular complexity index is 255. The fourth-order valence-corrected chi connectivity index (χ4v) is 1.23. The zero-order valence-corrected chi connectivity index (χ0v) is 10.4. The molecule has 0 saturated heterocycles. The van der Waals surface area contributed by atoms with Gasteiger partial charge in [0, 0.05) is 0 Å². The van der Waals surface area contributed by atoms with Crippen molar-refractivity contribution in [3.8, 4) is 0 Å². The van der Waals surface area contributed by atoms with Gasteiger partial charge in [-0.15, -0.1) is 0 Å². The van der Waals surface area contributed by atoms with Crippen molar-refractivity contribution in [2.45, 2.75) is 40.7 Å². The molecule has 0 amide bonds. The highest BCUT2D eigenvalue weighted by Crippen LogP contribution is 2.17. The maximum absolute atomic E-state index is 6.09. The van der Waals surface area contributed by atoms with Crippen LogP contribution < -0.4 is 0 Å². The van der Waals surface area contributed by atoms with Gasteiger partial charge in [0.05, 0.1) is 11.1 Å². The summed E-state index contributed by atoms with van der Waals surface area (Å²) in [6.07, 6.45) is 5.83. The van der Waals surface area contributed by atoms with Crippen molar-refractivity contribution in [2.75, 3.05) is 0 Å². The lowest BCUT2D eigenvalue weighted by atomic mass is 10.3. The summed E-state index contributed by atoms with van der Waals surface area (Å²) in [5, 5.41) is 0.650.